The van der Waals surface area contributed by atoms with E-state index in [0.717, 1.165) is 58.0 Å². The number of carbonyl (C=O) groups excluding carboxylic acids is 1. The summed E-state index contributed by atoms with van der Waals surface area (Å²) in [5, 5.41) is 12.3. The van der Waals surface area contributed by atoms with Crippen molar-refractivity contribution >= 4 is 57.1 Å². The number of thioether (sulfide) groups is 1. The molecule has 0 spiro atoms. The summed E-state index contributed by atoms with van der Waals surface area (Å²) in [7, 11) is 0. The Balaban J connectivity index is 1.60. The first kappa shape index (κ1) is 24.8. The lowest BCUT2D eigenvalue weighted by Crippen LogP contribution is -2.33. The second-order valence-corrected chi connectivity index (χ2v) is 9.39. The fraction of sp³-hybridized carbons (Fsp3) is 0.320. The van der Waals surface area contributed by atoms with Crippen LogP contribution < -0.4 is 10.1 Å². The maximum atomic E-state index is 12.6. The highest BCUT2D eigenvalue weighted by atomic mass is 32.2. The van der Waals surface area contributed by atoms with Crippen molar-refractivity contribution in [3.63, 3.8) is 0 Å². The van der Waals surface area contributed by atoms with Gasteiger partial charge in [0.05, 0.1) is 11.5 Å². The number of benzene rings is 2. The third kappa shape index (κ3) is 6.82. The number of nitrogens with zero attached hydrogens (tertiary/aromatic N) is 1. The first-order chi connectivity index (χ1) is 15.9. The maximum Gasteiger partial charge on any atom is 0.323 e. The normalized spacial score (nSPS) is 15.0. The van der Waals surface area contributed by atoms with Crippen LogP contribution in [0.2, 0.25) is 0 Å². The number of aliphatic carboxylic acids is 1. The Hall–Kier alpha value is -2.84. The van der Waals surface area contributed by atoms with Crippen LogP contribution in [0.5, 0.6) is 5.75 Å². The summed E-state index contributed by atoms with van der Waals surface area (Å²) in [4.78, 5) is 25.2. The van der Waals surface area contributed by atoms with Crippen molar-refractivity contribution in [1.82, 2.24) is 4.90 Å². The summed E-state index contributed by atoms with van der Waals surface area (Å²) in [5.74, 6) is -0.588. The monoisotopic (exact) mass is 484 g/mol. The van der Waals surface area contributed by atoms with Crippen LogP contribution >= 0.6 is 24.0 Å². The second-order valence-electron chi connectivity index (χ2n) is 7.74. The Morgan fingerprint density at radius 2 is 1.70 bits per heavy atom. The molecule has 2 aromatic carbocycles. The van der Waals surface area contributed by atoms with Crippen molar-refractivity contribution in [2.45, 2.75) is 39.5 Å². The van der Waals surface area contributed by atoms with Crippen LogP contribution in [-0.2, 0) is 9.59 Å². The molecular formula is C25H28N2O4S2. The molecule has 1 aliphatic rings. The van der Waals surface area contributed by atoms with Gasteiger partial charge in [0.2, 0.25) is 0 Å². The number of carbonyl (C=O) groups is 2. The summed E-state index contributed by atoms with van der Waals surface area (Å²) in [6.45, 7) is 4.35. The van der Waals surface area contributed by atoms with Gasteiger partial charge in [-0.15, -0.1) is 0 Å². The predicted octanol–water partition coefficient (Wildman–Crippen LogP) is 6.07. The number of anilines is 2. The van der Waals surface area contributed by atoms with E-state index in [1.165, 1.54) is 19.3 Å². The van der Waals surface area contributed by atoms with Crippen LogP contribution in [0.15, 0.2) is 53.4 Å². The van der Waals surface area contributed by atoms with Gasteiger partial charge in [-0.05, 0) is 60.9 Å². The van der Waals surface area contributed by atoms with Gasteiger partial charge in [0.25, 0.3) is 5.91 Å². The lowest BCUT2D eigenvalue weighted by molar-refractivity contribution is -0.140. The van der Waals surface area contributed by atoms with Crippen LogP contribution in [0.4, 0.5) is 11.4 Å². The first-order valence-corrected chi connectivity index (χ1v) is 12.2. The quantitative estimate of drug-likeness (QED) is 0.228. The average molecular weight is 485 g/mol. The smallest absolute Gasteiger partial charge is 0.323 e. The second kappa shape index (κ2) is 11.9. The average Bonchev–Trinajstić information content (AvgIpc) is 3.08. The van der Waals surface area contributed by atoms with Gasteiger partial charge in [0.15, 0.2) is 0 Å². The fourth-order valence-corrected chi connectivity index (χ4v) is 4.65. The summed E-state index contributed by atoms with van der Waals surface area (Å²) in [6.07, 6.45) is 4.73. The molecule has 0 atom stereocenters. The Bertz CT molecular complexity index is 1030. The summed E-state index contributed by atoms with van der Waals surface area (Å²) < 4.78 is 6.05. The minimum atomic E-state index is -1.09. The molecule has 0 bridgehead atoms. The molecular weight excluding hydrogens is 456 g/mol. The van der Waals surface area contributed by atoms with E-state index in [2.05, 4.69) is 12.2 Å². The SMILES string of the molecule is CCCCCCOc1ccc(Nc2ccc(/C(C)=C3\SC(=S)N(CC(=O)O)C3=O)cc2)cc1. The molecule has 0 unspecified atom stereocenters. The Labute approximate surface area is 204 Å². The first-order valence-electron chi connectivity index (χ1n) is 11.0. The molecule has 1 fully saturated rings. The van der Waals surface area contributed by atoms with E-state index >= 15 is 0 Å². The molecule has 0 aromatic heterocycles. The highest BCUT2D eigenvalue weighted by Gasteiger charge is 2.34. The zero-order valence-electron chi connectivity index (χ0n) is 18.8. The van der Waals surface area contributed by atoms with Crippen LogP contribution in [0.1, 0.15) is 45.1 Å². The van der Waals surface area contributed by atoms with E-state index in [9.17, 15) is 9.59 Å². The van der Waals surface area contributed by atoms with E-state index in [1.807, 2.05) is 55.5 Å². The lowest BCUT2D eigenvalue weighted by atomic mass is 10.1. The number of allylic oxidation sites excluding steroid dienone is 1. The Kier molecular flexibility index (Phi) is 8.91. The molecule has 8 heteroatoms. The molecule has 1 saturated heterocycles. The third-order valence-corrected chi connectivity index (χ3v) is 6.76. The number of amides is 1. The minimum Gasteiger partial charge on any atom is -0.494 e. The molecule has 1 amide bonds. The van der Waals surface area contributed by atoms with Crippen molar-refractivity contribution in [3.8, 4) is 5.75 Å². The van der Waals surface area contributed by atoms with Crippen molar-refractivity contribution in [2.75, 3.05) is 18.5 Å². The Morgan fingerprint density at radius 3 is 2.30 bits per heavy atom. The van der Waals surface area contributed by atoms with Gasteiger partial charge >= 0.3 is 5.97 Å². The van der Waals surface area contributed by atoms with Gasteiger partial charge in [-0.25, -0.2) is 0 Å². The number of hydrogen-bond acceptors (Lipinski definition) is 6. The number of hydrogen-bond donors (Lipinski definition) is 2. The van der Waals surface area contributed by atoms with Crippen molar-refractivity contribution in [2.24, 2.45) is 0 Å². The zero-order chi connectivity index (χ0) is 23.8. The van der Waals surface area contributed by atoms with E-state index in [0.29, 0.717) is 4.91 Å². The van der Waals surface area contributed by atoms with Gasteiger partial charge < -0.3 is 15.2 Å². The van der Waals surface area contributed by atoms with Crippen LogP contribution in [0.3, 0.4) is 0 Å². The highest BCUT2D eigenvalue weighted by molar-refractivity contribution is 8.26. The summed E-state index contributed by atoms with van der Waals surface area (Å²) in [6, 6.07) is 15.6. The number of carboxylic acids is 1. The van der Waals surface area contributed by atoms with E-state index in [-0.39, 0.29) is 10.2 Å². The van der Waals surface area contributed by atoms with E-state index in [1.54, 1.807) is 0 Å². The molecule has 1 aliphatic heterocycles. The molecule has 3 rings (SSSR count). The predicted molar refractivity (Wildman–Crippen MR) is 138 cm³/mol. The molecule has 0 radical (unpaired) electrons. The van der Waals surface area contributed by atoms with Gasteiger partial charge in [-0.3, -0.25) is 14.5 Å². The van der Waals surface area contributed by atoms with Crippen LogP contribution in [0.25, 0.3) is 5.57 Å². The standard InChI is InChI=1S/C25H28N2O4S2/c1-3-4-5-6-15-31-21-13-11-20(12-14-21)26-19-9-7-18(8-10-19)17(2)23-24(30)27(16-22(28)29)25(32)33-23/h7-14,26H,3-6,15-16H2,1-2H3,(H,28,29)/b23-17-. The minimum absolute atomic E-state index is 0.267. The molecule has 33 heavy (non-hydrogen) atoms. The molecule has 174 valence electrons. The topological polar surface area (TPSA) is 78.9 Å². The third-order valence-electron chi connectivity index (χ3n) is 5.21. The molecule has 2 N–H and O–H groups in total. The maximum absolute atomic E-state index is 12.6. The van der Waals surface area contributed by atoms with E-state index < -0.39 is 12.5 Å². The lowest BCUT2D eigenvalue weighted by Gasteiger charge is -2.11. The summed E-state index contributed by atoms with van der Waals surface area (Å²) >= 11 is 6.32. The van der Waals surface area contributed by atoms with Gasteiger partial charge in [0.1, 0.15) is 16.6 Å². The van der Waals surface area contributed by atoms with Crippen LogP contribution in [-0.4, -0.2) is 39.4 Å². The molecule has 2 aromatic rings. The molecule has 0 saturated carbocycles. The number of unbranched alkanes of at least 4 members (excludes halogenated alkanes) is 3. The van der Waals surface area contributed by atoms with Gasteiger partial charge in [0, 0.05) is 11.4 Å². The van der Waals surface area contributed by atoms with Gasteiger partial charge in [-0.1, -0.05) is 62.3 Å². The van der Waals surface area contributed by atoms with Gasteiger partial charge in [-0.2, -0.15) is 0 Å². The Morgan fingerprint density at radius 1 is 1.06 bits per heavy atom. The van der Waals surface area contributed by atoms with E-state index in [4.69, 9.17) is 22.1 Å². The number of carboxylic acid groups (broad SMARTS) is 1. The number of ether oxygens (including phenoxy) is 1. The zero-order valence-corrected chi connectivity index (χ0v) is 20.4. The molecule has 0 aliphatic carbocycles. The number of nitrogens with one attached hydrogen (secondary N) is 1. The largest absolute Gasteiger partial charge is 0.494 e. The van der Waals surface area contributed by atoms with Crippen LogP contribution in [0, 0.1) is 0 Å². The van der Waals surface area contributed by atoms with Crippen molar-refractivity contribution in [1.29, 1.82) is 0 Å². The molecule has 1 heterocycles. The summed E-state index contributed by atoms with van der Waals surface area (Å²) in [5.41, 5.74) is 3.51. The highest BCUT2D eigenvalue weighted by Crippen LogP contribution is 2.36. The molecule has 6 nitrogen and oxygen atoms in total. The van der Waals surface area contributed by atoms with Crippen molar-refractivity contribution in [3.05, 3.63) is 59.0 Å². The fourth-order valence-electron chi connectivity index (χ4n) is 3.35. The number of thiocarbonyl (C=S) groups is 1. The number of rotatable bonds is 11. The van der Waals surface area contributed by atoms with Crippen molar-refractivity contribution < 1.29 is 19.4 Å².